The highest BCUT2D eigenvalue weighted by Gasteiger charge is 2.30. The molecule has 0 unspecified atom stereocenters. The summed E-state index contributed by atoms with van der Waals surface area (Å²) in [7, 11) is 1.87. The van der Waals surface area contributed by atoms with E-state index in [2.05, 4.69) is 21.0 Å². The molecule has 0 amide bonds. The Balaban J connectivity index is 2.01. The van der Waals surface area contributed by atoms with Gasteiger partial charge in [-0.2, -0.15) is 5.10 Å². The molecule has 0 aromatic carbocycles. The molecule has 1 fully saturated rings. The van der Waals surface area contributed by atoms with Crippen LogP contribution in [0.15, 0.2) is 4.47 Å². The number of ketones is 1. The number of nitrogens with two attached hydrogens (primary N) is 1. The quantitative estimate of drug-likeness (QED) is 0.924. The number of hydrogen-bond acceptors (Lipinski definition) is 3. The summed E-state index contributed by atoms with van der Waals surface area (Å²) < 4.78 is 2.72. The summed E-state index contributed by atoms with van der Waals surface area (Å²) in [6.45, 7) is 1.93. The van der Waals surface area contributed by atoms with Gasteiger partial charge in [-0.1, -0.05) is 19.3 Å². The molecule has 1 aliphatic rings. The monoisotopic (exact) mass is 327 g/mol. The van der Waals surface area contributed by atoms with E-state index < -0.39 is 0 Å². The molecule has 106 valence electrons. The van der Waals surface area contributed by atoms with Crippen molar-refractivity contribution in [3.8, 4) is 0 Å². The van der Waals surface area contributed by atoms with Gasteiger partial charge >= 0.3 is 0 Å². The summed E-state index contributed by atoms with van der Waals surface area (Å²) in [5, 5.41) is 4.31. The second-order valence-electron chi connectivity index (χ2n) is 5.78. The Bertz CT molecular complexity index is 475. The van der Waals surface area contributed by atoms with Crippen LogP contribution in [0.25, 0.3) is 0 Å². The minimum absolute atomic E-state index is 0.216. The van der Waals surface area contributed by atoms with E-state index >= 15 is 0 Å². The van der Waals surface area contributed by atoms with Gasteiger partial charge in [-0.15, -0.1) is 0 Å². The largest absolute Gasteiger partial charge is 0.325 e. The Kier molecular flexibility index (Phi) is 4.46. The first-order valence-electron chi connectivity index (χ1n) is 6.90. The predicted octanol–water partition coefficient (Wildman–Crippen LogP) is 2.65. The van der Waals surface area contributed by atoms with Crippen LogP contribution >= 0.6 is 15.9 Å². The molecule has 19 heavy (non-hydrogen) atoms. The fraction of sp³-hybridized carbons (Fsp3) is 0.714. The van der Waals surface area contributed by atoms with Crippen LogP contribution in [0, 0.1) is 6.92 Å². The van der Waals surface area contributed by atoms with Crippen LogP contribution in [0.5, 0.6) is 0 Å². The molecule has 4 nitrogen and oxygen atoms in total. The third-order valence-corrected chi connectivity index (χ3v) is 5.06. The summed E-state index contributed by atoms with van der Waals surface area (Å²) in [5.41, 5.74) is 7.94. The summed E-state index contributed by atoms with van der Waals surface area (Å²) >= 11 is 3.50. The van der Waals surface area contributed by atoms with Gasteiger partial charge in [-0.3, -0.25) is 9.48 Å². The van der Waals surface area contributed by atoms with E-state index in [1.54, 1.807) is 4.68 Å². The SMILES string of the molecule is Cc1nn(C)c(CC(=O)CC2(N)CCCCC2)c1Br. The van der Waals surface area contributed by atoms with Gasteiger partial charge in [0.2, 0.25) is 0 Å². The summed E-state index contributed by atoms with van der Waals surface area (Å²) in [4.78, 5) is 12.3. The highest BCUT2D eigenvalue weighted by atomic mass is 79.9. The van der Waals surface area contributed by atoms with Gasteiger partial charge in [0.15, 0.2) is 0 Å². The second-order valence-corrected chi connectivity index (χ2v) is 6.58. The lowest BCUT2D eigenvalue weighted by molar-refractivity contribution is -0.120. The first-order chi connectivity index (χ1) is 8.91. The smallest absolute Gasteiger partial charge is 0.140 e. The minimum Gasteiger partial charge on any atom is -0.325 e. The van der Waals surface area contributed by atoms with Crippen molar-refractivity contribution in [1.29, 1.82) is 0 Å². The fourth-order valence-corrected chi connectivity index (χ4v) is 3.42. The molecule has 0 radical (unpaired) electrons. The summed E-state index contributed by atoms with van der Waals surface area (Å²) in [6, 6.07) is 0. The molecule has 2 rings (SSSR count). The Labute approximate surface area is 122 Å². The molecule has 0 bridgehead atoms. The van der Waals surface area contributed by atoms with E-state index in [0.717, 1.165) is 41.5 Å². The molecule has 0 saturated heterocycles. The Hall–Kier alpha value is -0.680. The first kappa shape index (κ1) is 14.7. The molecule has 5 heteroatoms. The van der Waals surface area contributed by atoms with Crippen LogP contribution in [0.4, 0.5) is 0 Å². The van der Waals surface area contributed by atoms with Gasteiger partial charge in [-0.25, -0.2) is 0 Å². The van der Waals surface area contributed by atoms with Crippen molar-refractivity contribution in [3.05, 3.63) is 15.9 Å². The van der Waals surface area contributed by atoms with Crippen molar-refractivity contribution in [2.24, 2.45) is 12.8 Å². The lowest BCUT2D eigenvalue weighted by Gasteiger charge is -2.32. The van der Waals surface area contributed by atoms with Crippen LogP contribution < -0.4 is 5.73 Å². The lowest BCUT2D eigenvalue weighted by atomic mass is 9.79. The van der Waals surface area contributed by atoms with Crippen LogP contribution in [0.1, 0.15) is 49.9 Å². The second kappa shape index (κ2) is 5.75. The Morgan fingerprint density at radius 3 is 2.58 bits per heavy atom. The van der Waals surface area contributed by atoms with E-state index in [0.29, 0.717) is 12.8 Å². The molecule has 0 spiro atoms. The minimum atomic E-state index is -0.268. The van der Waals surface area contributed by atoms with Crippen LogP contribution in [0.3, 0.4) is 0 Å². The topological polar surface area (TPSA) is 60.9 Å². The Morgan fingerprint density at radius 2 is 2.05 bits per heavy atom. The van der Waals surface area contributed by atoms with E-state index in [1.165, 1.54) is 6.42 Å². The highest BCUT2D eigenvalue weighted by Crippen LogP contribution is 2.30. The number of carbonyl (C=O) groups is 1. The molecular formula is C14H22BrN3O. The van der Waals surface area contributed by atoms with Gasteiger partial charge in [0, 0.05) is 25.4 Å². The van der Waals surface area contributed by atoms with Gasteiger partial charge in [-0.05, 0) is 35.7 Å². The molecular weight excluding hydrogens is 306 g/mol. The number of nitrogens with zero attached hydrogens (tertiary/aromatic N) is 2. The zero-order chi connectivity index (χ0) is 14.0. The summed E-state index contributed by atoms with van der Waals surface area (Å²) in [6.07, 6.45) is 6.41. The number of hydrogen-bond donors (Lipinski definition) is 1. The van der Waals surface area contributed by atoms with E-state index in [1.807, 2.05) is 14.0 Å². The van der Waals surface area contributed by atoms with Gasteiger partial charge < -0.3 is 5.73 Å². The Morgan fingerprint density at radius 1 is 1.42 bits per heavy atom. The number of Topliss-reactive ketones (excluding diaryl/α,β-unsaturated/α-hetero) is 1. The zero-order valence-electron chi connectivity index (χ0n) is 11.7. The molecule has 1 heterocycles. The standard InChI is InChI=1S/C14H22BrN3O/c1-10-13(15)12(18(2)17-10)8-11(19)9-14(16)6-4-3-5-7-14/h3-9,16H2,1-2H3. The number of carbonyl (C=O) groups excluding carboxylic acids is 1. The third kappa shape index (κ3) is 3.45. The summed E-state index contributed by atoms with van der Waals surface area (Å²) in [5.74, 6) is 0.216. The zero-order valence-corrected chi connectivity index (χ0v) is 13.3. The van der Waals surface area contributed by atoms with E-state index in [9.17, 15) is 4.79 Å². The molecule has 1 aromatic heterocycles. The van der Waals surface area contributed by atoms with Crippen molar-refractivity contribution >= 4 is 21.7 Å². The molecule has 0 atom stereocenters. The predicted molar refractivity (Wildman–Crippen MR) is 79.0 cm³/mol. The molecule has 1 aromatic rings. The van der Waals surface area contributed by atoms with Gasteiger partial charge in [0.05, 0.1) is 15.9 Å². The fourth-order valence-electron chi connectivity index (χ4n) is 2.95. The average molecular weight is 328 g/mol. The van der Waals surface area contributed by atoms with Crippen molar-refractivity contribution in [2.75, 3.05) is 0 Å². The normalized spacial score (nSPS) is 18.5. The lowest BCUT2D eigenvalue weighted by Crippen LogP contribution is -2.43. The molecule has 0 aliphatic heterocycles. The number of aromatic nitrogens is 2. The van der Waals surface area contributed by atoms with Crippen molar-refractivity contribution in [1.82, 2.24) is 9.78 Å². The van der Waals surface area contributed by atoms with Crippen LogP contribution in [-0.4, -0.2) is 21.1 Å². The maximum absolute atomic E-state index is 12.3. The van der Waals surface area contributed by atoms with Crippen molar-refractivity contribution < 1.29 is 4.79 Å². The molecule has 2 N–H and O–H groups in total. The van der Waals surface area contributed by atoms with Gasteiger partial charge in [0.1, 0.15) is 5.78 Å². The first-order valence-corrected chi connectivity index (χ1v) is 7.69. The average Bonchev–Trinajstić information content (AvgIpc) is 2.56. The maximum atomic E-state index is 12.3. The maximum Gasteiger partial charge on any atom is 0.140 e. The van der Waals surface area contributed by atoms with Crippen molar-refractivity contribution in [2.45, 2.75) is 57.4 Å². The van der Waals surface area contributed by atoms with Crippen LogP contribution in [0.2, 0.25) is 0 Å². The number of aryl methyl sites for hydroxylation is 2. The van der Waals surface area contributed by atoms with E-state index in [-0.39, 0.29) is 11.3 Å². The van der Waals surface area contributed by atoms with Crippen LogP contribution in [-0.2, 0) is 18.3 Å². The highest BCUT2D eigenvalue weighted by molar-refractivity contribution is 9.10. The third-order valence-electron chi connectivity index (χ3n) is 4.02. The molecule has 1 saturated carbocycles. The number of rotatable bonds is 4. The van der Waals surface area contributed by atoms with Crippen molar-refractivity contribution in [3.63, 3.8) is 0 Å². The van der Waals surface area contributed by atoms with E-state index in [4.69, 9.17) is 5.73 Å². The van der Waals surface area contributed by atoms with Gasteiger partial charge in [0.25, 0.3) is 0 Å². The number of halogens is 1. The molecule has 1 aliphatic carbocycles.